The number of hydrogen-bond donors (Lipinski definition) is 0. The van der Waals surface area contributed by atoms with Gasteiger partial charge in [-0.05, 0) is 29.5 Å². The number of aryl methyl sites for hydroxylation is 1. The van der Waals surface area contributed by atoms with Gasteiger partial charge in [-0.2, -0.15) is 0 Å². The first-order chi connectivity index (χ1) is 6.98. The summed E-state index contributed by atoms with van der Waals surface area (Å²) in [6.45, 7) is 4.18. The third-order valence-corrected chi connectivity index (χ3v) is 4.33. The Morgan fingerprint density at radius 3 is 2.73 bits per heavy atom. The fourth-order valence-corrected chi connectivity index (χ4v) is 3.21. The van der Waals surface area contributed by atoms with E-state index in [0.717, 1.165) is 16.8 Å². The van der Waals surface area contributed by atoms with Gasteiger partial charge in [0.15, 0.2) is 9.84 Å². The largest absolute Gasteiger partial charge is 0.261 e. The number of hydrogen-bond acceptors (Lipinski definition) is 3. The number of rotatable bonds is 1. The molecule has 0 N–H and O–H groups in total. The Morgan fingerprint density at radius 1 is 1.33 bits per heavy atom. The van der Waals surface area contributed by atoms with E-state index < -0.39 is 9.84 Å². The predicted molar refractivity (Wildman–Crippen MR) is 59.5 cm³/mol. The summed E-state index contributed by atoms with van der Waals surface area (Å²) < 4.78 is 22.8. The van der Waals surface area contributed by atoms with E-state index in [1.807, 2.05) is 0 Å². The van der Waals surface area contributed by atoms with E-state index in [1.54, 1.807) is 6.20 Å². The summed E-state index contributed by atoms with van der Waals surface area (Å²) in [5, 5.41) is 0. The maximum Gasteiger partial charge on any atom is 0.154 e. The zero-order valence-electron chi connectivity index (χ0n) is 9.03. The van der Waals surface area contributed by atoms with Crippen LogP contribution >= 0.6 is 0 Å². The summed E-state index contributed by atoms with van der Waals surface area (Å²) >= 11 is 0. The quantitative estimate of drug-likeness (QED) is 0.730. The molecule has 1 aliphatic heterocycles. The molecule has 0 spiro atoms. The summed E-state index contributed by atoms with van der Waals surface area (Å²) in [5.41, 5.74) is 3.09. The van der Waals surface area contributed by atoms with Gasteiger partial charge in [0.2, 0.25) is 0 Å². The minimum Gasteiger partial charge on any atom is -0.261 e. The minimum atomic E-state index is -2.87. The molecule has 0 saturated heterocycles. The normalized spacial score (nSPS) is 18.9. The Bertz CT molecular complexity index is 477. The van der Waals surface area contributed by atoms with Crippen LogP contribution in [0.4, 0.5) is 0 Å². The van der Waals surface area contributed by atoms with Gasteiger partial charge in [-0.15, -0.1) is 0 Å². The molecule has 0 bridgehead atoms. The van der Waals surface area contributed by atoms with Crippen LogP contribution in [0.15, 0.2) is 12.3 Å². The molecule has 0 radical (unpaired) electrons. The van der Waals surface area contributed by atoms with Crippen molar-refractivity contribution in [2.24, 2.45) is 0 Å². The number of aromatic nitrogens is 1. The highest BCUT2D eigenvalue weighted by Gasteiger charge is 2.21. The van der Waals surface area contributed by atoms with Gasteiger partial charge in [-0.25, -0.2) is 8.42 Å². The maximum absolute atomic E-state index is 11.4. The van der Waals surface area contributed by atoms with Crippen molar-refractivity contribution in [1.29, 1.82) is 0 Å². The maximum atomic E-state index is 11.4. The molecule has 2 rings (SSSR count). The lowest BCUT2D eigenvalue weighted by molar-refractivity contribution is 0.591. The van der Waals surface area contributed by atoms with Crippen molar-refractivity contribution in [3.8, 4) is 0 Å². The zero-order valence-corrected chi connectivity index (χ0v) is 9.84. The first-order valence-corrected chi connectivity index (χ1v) is 6.98. The SMILES string of the molecule is CC(C)c1cc2c(cn1)CS(=O)(=O)CC2. The fourth-order valence-electron chi connectivity index (χ4n) is 1.80. The molecule has 0 aliphatic carbocycles. The lowest BCUT2D eigenvalue weighted by atomic mass is 10.0. The van der Waals surface area contributed by atoms with Gasteiger partial charge in [0.05, 0.1) is 11.5 Å². The smallest absolute Gasteiger partial charge is 0.154 e. The number of fused-ring (bicyclic) bond motifs is 1. The molecule has 82 valence electrons. The lowest BCUT2D eigenvalue weighted by Crippen LogP contribution is -2.19. The molecule has 15 heavy (non-hydrogen) atoms. The highest BCUT2D eigenvalue weighted by molar-refractivity contribution is 7.90. The molecule has 1 aromatic rings. The molecule has 3 nitrogen and oxygen atoms in total. The molecular weight excluding hydrogens is 210 g/mol. The van der Waals surface area contributed by atoms with E-state index in [9.17, 15) is 8.42 Å². The first kappa shape index (κ1) is 10.6. The molecular formula is C11H15NO2S. The Morgan fingerprint density at radius 2 is 2.07 bits per heavy atom. The second-order valence-corrected chi connectivity index (χ2v) is 6.56. The monoisotopic (exact) mass is 225 g/mol. The highest BCUT2D eigenvalue weighted by Crippen LogP contribution is 2.22. The molecule has 0 atom stereocenters. The van der Waals surface area contributed by atoms with Crippen molar-refractivity contribution in [3.05, 3.63) is 29.1 Å². The van der Waals surface area contributed by atoms with Crippen LogP contribution in [-0.2, 0) is 22.0 Å². The number of sulfone groups is 1. The van der Waals surface area contributed by atoms with Crippen molar-refractivity contribution in [2.45, 2.75) is 31.9 Å². The van der Waals surface area contributed by atoms with Crippen LogP contribution in [0.25, 0.3) is 0 Å². The second-order valence-electron chi connectivity index (χ2n) is 4.37. The highest BCUT2D eigenvalue weighted by atomic mass is 32.2. The summed E-state index contributed by atoms with van der Waals surface area (Å²) in [6.07, 6.45) is 2.36. The van der Waals surface area contributed by atoms with Crippen molar-refractivity contribution in [2.75, 3.05) is 5.75 Å². The van der Waals surface area contributed by atoms with E-state index in [1.165, 1.54) is 0 Å². The van der Waals surface area contributed by atoms with E-state index >= 15 is 0 Å². The Labute approximate surface area is 90.5 Å². The summed E-state index contributed by atoms with van der Waals surface area (Å²) in [6, 6.07) is 2.05. The molecule has 0 amide bonds. The molecule has 0 aromatic carbocycles. The Balaban J connectivity index is 2.41. The lowest BCUT2D eigenvalue weighted by Gasteiger charge is -2.17. The minimum absolute atomic E-state index is 0.160. The van der Waals surface area contributed by atoms with Gasteiger partial charge in [0.25, 0.3) is 0 Å². The molecule has 0 saturated carbocycles. The van der Waals surface area contributed by atoms with Crippen LogP contribution in [0.1, 0.15) is 36.6 Å². The van der Waals surface area contributed by atoms with E-state index in [4.69, 9.17) is 0 Å². The van der Waals surface area contributed by atoms with E-state index in [0.29, 0.717) is 12.3 Å². The van der Waals surface area contributed by atoms with E-state index in [-0.39, 0.29) is 11.5 Å². The third kappa shape index (κ3) is 2.20. The van der Waals surface area contributed by atoms with Crippen LogP contribution < -0.4 is 0 Å². The summed E-state index contributed by atoms with van der Waals surface area (Å²) in [5.74, 6) is 0.837. The van der Waals surface area contributed by atoms with Crippen LogP contribution in [0, 0.1) is 0 Å². The van der Waals surface area contributed by atoms with Gasteiger partial charge >= 0.3 is 0 Å². The standard InChI is InChI=1S/C11H15NO2S/c1-8(2)11-5-9-3-4-15(13,14)7-10(9)6-12-11/h5-6,8H,3-4,7H2,1-2H3. The van der Waals surface area contributed by atoms with Gasteiger partial charge in [-0.1, -0.05) is 13.8 Å². The summed E-state index contributed by atoms with van der Waals surface area (Å²) in [4.78, 5) is 4.29. The predicted octanol–water partition coefficient (Wildman–Crippen LogP) is 1.68. The van der Waals surface area contributed by atoms with Crippen molar-refractivity contribution < 1.29 is 8.42 Å². The first-order valence-electron chi connectivity index (χ1n) is 5.16. The zero-order chi connectivity index (χ0) is 11.1. The Kier molecular flexibility index (Phi) is 2.54. The molecule has 0 unspecified atom stereocenters. The molecule has 1 aromatic heterocycles. The molecule has 0 fully saturated rings. The molecule has 4 heteroatoms. The molecule has 2 heterocycles. The van der Waals surface area contributed by atoms with Crippen LogP contribution in [-0.4, -0.2) is 19.2 Å². The van der Waals surface area contributed by atoms with Crippen LogP contribution in [0.3, 0.4) is 0 Å². The van der Waals surface area contributed by atoms with Gasteiger partial charge in [-0.3, -0.25) is 4.98 Å². The molecule has 1 aliphatic rings. The van der Waals surface area contributed by atoms with E-state index in [2.05, 4.69) is 24.9 Å². The summed E-state index contributed by atoms with van der Waals surface area (Å²) in [7, 11) is -2.87. The number of nitrogens with zero attached hydrogens (tertiary/aromatic N) is 1. The van der Waals surface area contributed by atoms with Gasteiger partial charge in [0, 0.05) is 11.9 Å². The Hall–Kier alpha value is -0.900. The third-order valence-electron chi connectivity index (χ3n) is 2.75. The number of pyridine rings is 1. The van der Waals surface area contributed by atoms with Crippen LogP contribution in [0.5, 0.6) is 0 Å². The van der Waals surface area contributed by atoms with Gasteiger partial charge in [0.1, 0.15) is 0 Å². The van der Waals surface area contributed by atoms with Gasteiger partial charge < -0.3 is 0 Å². The van der Waals surface area contributed by atoms with Crippen molar-refractivity contribution >= 4 is 9.84 Å². The fraction of sp³-hybridized carbons (Fsp3) is 0.545. The topological polar surface area (TPSA) is 47.0 Å². The van der Waals surface area contributed by atoms with Crippen molar-refractivity contribution in [3.63, 3.8) is 0 Å². The van der Waals surface area contributed by atoms with Crippen molar-refractivity contribution in [1.82, 2.24) is 4.98 Å². The average Bonchev–Trinajstić information content (AvgIpc) is 2.15. The second kappa shape index (κ2) is 3.59. The van der Waals surface area contributed by atoms with Crippen LogP contribution in [0.2, 0.25) is 0 Å². The average molecular weight is 225 g/mol.